The molecule has 65 heavy (non-hydrogen) atoms. The van der Waals surface area contributed by atoms with E-state index in [1.165, 1.54) is 64.8 Å². The van der Waals surface area contributed by atoms with Gasteiger partial charge in [-0.15, -0.1) is 0 Å². The number of pyridine rings is 1. The standard InChI is InChI=1S/C59H48N4O.Pt/c1-59(2,3)42-32-33-60-56(34-42)63-52-25-11-10-23-47(52)48-31-29-45(36-55(48)63)64-44-22-15-21-43(35-44)61-38-62(54-27-13-12-26-53(54)61)58-50(39-16-6-4-7-17-39)37-51-46-24-14-20-40(46)28-30-49(51)57(58)41-18-8-5-9-19-41;/h4-13,15-19,21-23,25-27,29,31-34,37,40,46H,14,20,24,28,30H2,1-3H3;/q-2;. The van der Waals surface area contributed by atoms with Crippen molar-refractivity contribution in [2.45, 2.75) is 64.2 Å². The number of benzene rings is 7. The van der Waals surface area contributed by atoms with Gasteiger partial charge in [-0.3, -0.25) is 0 Å². The van der Waals surface area contributed by atoms with Crippen LogP contribution in [0.25, 0.3) is 72.3 Å². The van der Waals surface area contributed by atoms with Crippen molar-refractivity contribution < 1.29 is 24.1 Å². The molecule has 7 aromatic carbocycles. The molecule has 0 aliphatic heterocycles. The van der Waals surface area contributed by atoms with Crippen molar-refractivity contribution in [1.29, 1.82) is 0 Å². The van der Waals surface area contributed by atoms with Gasteiger partial charge >= 0.3 is 337 Å². The van der Waals surface area contributed by atoms with Gasteiger partial charge in [0, 0.05) is 6.20 Å². The first-order valence-electron chi connectivity index (χ1n) is 22.9. The van der Waals surface area contributed by atoms with Crippen LogP contribution in [-0.2, 0) is 31.2 Å². The molecule has 2 atom stereocenters. The summed E-state index contributed by atoms with van der Waals surface area (Å²) >= 11 is 2.55. The Morgan fingerprint density at radius 2 is 1.34 bits per heavy atom. The van der Waals surface area contributed by atoms with Gasteiger partial charge in [-0.05, 0) is 17.0 Å². The van der Waals surface area contributed by atoms with E-state index in [1.807, 2.05) is 18.3 Å². The number of hydrogen-bond acceptors (Lipinski definition) is 2. The summed E-state index contributed by atoms with van der Waals surface area (Å²) in [6, 6.07) is 64.1. The van der Waals surface area contributed by atoms with E-state index in [2.05, 4.69) is 212 Å². The molecule has 2 aliphatic rings. The van der Waals surface area contributed by atoms with Crippen LogP contribution in [0.2, 0.25) is 0 Å². The Labute approximate surface area is 391 Å². The van der Waals surface area contributed by atoms with E-state index in [9.17, 15) is 0 Å². The maximum absolute atomic E-state index is 6.74. The number of ether oxygens (including phenoxy) is 1. The van der Waals surface area contributed by atoms with Gasteiger partial charge in [0.2, 0.25) is 0 Å². The van der Waals surface area contributed by atoms with E-state index in [-0.39, 0.29) is 5.41 Å². The molecular formula is C59H48N4OPt-2. The minimum atomic E-state index is -0.0223. The van der Waals surface area contributed by atoms with E-state index >= 15 is 0 Å². The number of imidazole rings is 1. The fourth-order valence-corrected chi connectivity index (χ4v) is 12.0. The van der Waals surface area contributed by atoms with Crippen molar-refractivity contribution in [3.63, 3.8) is 0 Å². The zero-order chi connectivity index (χ0) is 43.8. The summed E-state index contributed by atoms with van der Waals surface area (Å²) in [4.78, 5) is 4.88. The van der Waals surface area contributed by atoms with Crippen molar-refractivity contribution >= 4 is 32.8 Å². The van der Waals surface area contributed by atoms with Crippen LogP contribution in [0.1, 0.15) is 69.1 Å². The Bertz CT molecular complexity index is 3520. The first-order valence-corrected chi connectivity index (χ1v) is 24.1. The fourth-order valence-electron chi connectivity index (χ4n) is 10.9. The number of hydrogen-bond donors (Lipinski definition) is 0. The summed E-state index contributed by atoms with van der Waals surface area (Å²) in [5.74, 6) is 3.47. The Kier molecular flexibility index (Phi) is 9.76. The third-order valence-corrected chi connectivity index (χ3v) is 15.0. The summed E-state index contributed by atoms with van der Waals surface area (Å²) in [6.07, 6.45) is 8.19. The van der Waals surface area contributed by atoms with Gasteiger partial charge in [0.1, 0.15) is 0 Å². The van der Waals surface area contributed by atoms with Gasteiger partial charge in [-0.1, -0.05) is 32.9 Å². The molecular weight excluding hydrogens is 976 g/mol. The molecule has 3 aromatic heterocycles. The molecule has 2 unspecified atom stereocenters. The van der Waals surface area contributed by atoms with Crippen molar-refractivity contribution in [3.8, 4) is 50.9 Å². The van der Waals surface area contributed by atoms with Crippen molar-refractivity contribution in [2.24, 2.45) is 5.92 Å². The number of rotatable bonds is 7. The Hall–Kier alpha value is -6.55. The zero-order valence-electron chi connectivity index (χ0n) is 36.8. The van der Waals surface area contributed by atoms with Crippen LogP contribution >= 0.6 is 0 Å². The van der Waals surface area contributed by atoms with E-state index in [4.69, 9.17) is 9.72 Å². The Balaban J connectivity index is 1.02. The summed E-state index contributed by atoms with van der Waals surface area (Å²) in [7, 11) is 0. The second-order valence-electron chi connectivity index (χ2n) is 18.8. The van der Waals surface area contributed by atoms with Gasteiger partial charge < -0.3 is 0 Å². The predicted octanol–water partition coefficient (Wildman–Crippen LogP) is 14.8. The average Bonchev–Trinajstić information content (AvgIpc) is 4.03. The van der Waals surface area contributed by atoms with Crippen LogP contribution in [0.4, 0.5) is 0 Å². The molecule has 1 fully saturated rings. The topological polar surface area (TPSA) is 36.9 Å². The Morgan fingerprint density at radius 1 is 0.631 bits per heavy atom. The zero-order valence-corrected chi connectivity index (χ0v) is 39.1. The third-order valence-electron chi connectivity index (χ3n) is 14.0. The summed E-state index contributed by atoms with van der Waals surface area (Å²) < 4.78 is 14.8. The van der Waals surface area contributed by atoms with E-state index in [0.717, 1.165) is 60.5 Å². The van der Waals surface area contributed by atoms with Crippen LogP contribution in [0.15, 0.2) is 164 Å². The second kappa shape index (κ2) is 15.9. The van der Waals surface area contributed by atoms with Crippen molar-refractivity contribution in [3.05, 3.63) is 197 Å². The molecule has 0 amide bonds. The molecule has 1 saturated carbocycles. The molecule has 12 rings (SSSR count). The van der Waals surface area contributed by atoms with Crippen molar-refractivity contribution in [1.82, 2.24) is 18.7 Å². The Morgan fingerprint density at radius 3 is 2.12 bits per heavy atom. The van der Waals surface area contributed by atoms with Gasteiger partial charge in [0.25, 0.3) is 0 Å². The molecule has 3 heterocycles. The third kappa shape index (κ3) is 6.78. The van der Waals surface area contributed by atoms with Crippen LogP contribution in [-0.4, -0.2) is 18.7 Å². The van der Waals surface area contributed by atoms with Gasteiger partial charge in [-0.25, -0.2) is 0 Å². The number of fused-ring (bicyclic) bond motifs is 7. The molecule has 6 heteroatoms. The van der Waals surface area contributed by atoms with Crippen LogP contribution in [0.5, 0.6) is 11.5 Å². The molecule has 0 saturated heterocycles. The van der Waals surface area contributed by atoms with Gasteiger partial charge in [0.05, 0.1) is 0 Å². The minimum absolute atomic E-state index is 0.0223. The fraction of sp³-hybridized carbons (Fsp3) is 0.186. The van der Waals surface area contributed by atoms with Crippen LogP contribution < -0.4 is 4.74 Å². The monoisotopic (exact) mass is 1020 g/mol. The average molecular weight is 1020 g/mol. The van der Waals surface area contributed by atoms with Gasteiger partial charge in [0.15, 0.2) is 0 Å². The normalized spacial score (nSPS) is 16.0. The molecule has 322 valence electrons. The summed E-state index contributed by atoms with van der Waals surface area (Å²) in [5, 5.41) is 2.25. The molecule has 0 radical (unpaired) electrons. The summed E-state index contributed by atoms with van der Waals surface area (Å²) in [6.45, 7) is 6.71. The van der Waals surface area contributed by atoms with Crippen molar-refractivity contribution in [2.75, 3.05) is 0 Å². The molecule has 0 N–H and O–H groups in total. The molecule has 10 aromatic rings. The molecule has 5 nitrogen and oxygen atoms in total. The van der Waals surface area contributed by atoms with Crippen LogP contribution in [0.3, 0.4) is 0 Å². The van der Waals surface area contributed by atoms with Crippen LogP contribution in [0, 0.1) is 21.9 Å². The van der Waals surface area contributed by atoms with Gasteiger partial charge in [-0.2, -0.15) is 0 Å². The number of nitrogens with zero attached hydrogens (tertiary/aromatic N) is 4. The second-order valence-corrected chi connectivity index (χ2v) is 19.8. The van der Waals surface area contributed by atoms with E-state index < -0.39 is 0 Å². The van der Waals surface area contributed by atoms with E-state index in [1.54, 1.807) is 5.56 Å². The summed E-state index contributed by atoms with van der Waals surface area (Å²) in [5.41, 5.74) is 15.8. The quantitative estimate of drug-likeness (QED) is 0.149. The number of aromatic nitrogens is 4. The maximum atomic E-state index is 6.74. The first-order chi connectivity index (χ1) is 31.8. The predicted molar refractivity (Wildman–Crippen MR) is 260 cm³/mol. The SMILES string of the molecule is CC(C)(C)c1ccnc(-n2c3[c-]c(Oc4[c-]c(-n5[c](=[Pt])n(-c6c(-c7ccccc7)cc7c(c6-c6ccccc6)CCC6CCCC76)c6ccccc65)ccc4)ccc3c3ccccc32)c1. The number of para-hydroxylation sites is 3. The first kappa shape index (κ1) is 40.0. The molecule has 0 bridgehead atoms. The van der Waals surface area contributed by atoms with E-state index in [0.29, 0.717) is 17.4 Å². The molecule has 2 aliphatic carbocycles. The molecule has 0 spiro atoms.